The fourth-order valence-corrected chi connectivity index (χ4v) is 3.00. The lowest BCUT2D eigenvalue weighted by molar-refractivity contribution is 0.0697. The number of hydrogen-bond acceptors (Lipinski definition) is 4. The van der Waals surface area contributed by atoms with E-state index in [0.29, 0.717) is 16.6 Å². The fourth-order valence-electron chi connectivity index (χ4n) is 2.64. The lowest BCUT2D eigenvalue weighted by atomic mass is 9.86. The van der Waals surface area contributed by atoms with Crippen molar-refractivity contribution < 1.29 is 9.90 Å². The molecule has 0 bridgehead atoms. The van der Waals surface area contributed by atoms with Crippen LogP contribution in [0.3, 0.4) is 0 Å². The first-order chi connectivity index (χ1) is 12.3. The Labute approximate surface area is 159 Å². The van der Waals surface area contributed by atoms with E-state index in [2.05, 4.69) is 32.3 Å². The molecule has 3 rings (SSSR count). The fraction of sp³-hybridized carbons (Fsp3) is 0.150. The topological polar surface area (TPSA) is 86.0 Å². The van der Waals surface area contributed by atoms with Gasteiger partial charge in [0.05, 0.1) is 22.7 Å². The molecule has 0 atom stereocenters. The molecular formula is C20H16BrN3O2. The quantitative estimate of drug-likeness (QED) is 0.614. The van der Waals surface area contributed by atoms with Crippen molar-refractivity contribution in [3.63, 3.8) is 0 Å². The van der Waals surface area contributed by atoms with Gasteiger partial charge in [-0.05, 0) is 49.7 Å². The molecule has 0 radical (unpaired) electrons. The van der Waals surface area contributed by atoms with Crippen molar-refractivity contribution in [2.24, 2.45) is 0 Å². The van der Waals surface area contributed by atoms with Crippen LogP contribution in [0.4, 0.5) is 11.4 Å². The summed E-state index contributed by atoms with van der Waals surface area (Å²) in [5, 5.41) is 22.7. The van der Waals surface area contributed by atoms with Crippen LogP contribution < -0.4 is 5.32 Å². The van der Waals surface area contributed by atoms with E-state index in [1.807, 2.05) is 56.3 Å². The van der Waals surface area contributed by atoms with E-state index in [4.69, 9.17) is 0 Å². The number of benzene rings is 2. The number of aromatic nitrogens is 1. The summed E-state index contributed by atoms with van der Waals surface area (Å²) in [6, 6.07) is 15.2. The monoisotopic (exact) mass is 409 g/mol. The van der Waals surface area contributed by atoms with E-state index >= 15 is 0 Å². The Bertz CT molecular complexity index is 1040. The number of fused-ring (bicyclic) bond motifs is 1. The molecule has 0 aliphatic heterocycles. The number of nitrogens with one attached hydrogen (secondary N) is 1. The molecule has 6 heteroatoms. The van der Waals surface area contributed by atoms with Crippen LogP contribution in [0.1, 0.15) is 29.8 Å². The van der Waals surface area contributed by atoms with Gasteiger partial charge in [0.1, 0.15) is 5.56 Å². The predicted octanol–water partition coefficient (Wildman–Crippen LogP) is 5.24. The maximum absolute atomic E-state index is 11.6. The van der Waals surface area contributed by atoms with Gasteiger partial charge in [0, 0.05) is 21.7 Å². The zero-order valence-electron chi connectivity index (χ0n) is 14.2. The molecule has 5 nitrogen and oxygen atoms in total. The molecule has 2 N–H and O–H groups in total. The van der Waals surface area contributed by atoms with Crippen molar-refractivity contribution in [1.82, 2.24) is 4.98 Å². The second-order valence-corrected chi connectivity index (χ2v) is 7.37. The van der Waals surface area contributed by atoms with E-state index in [9.17, 15) is 15.2 Å². The number of carbonyl (C=O) groups is 1. The molecule has 0 spiro atoms. The maximum atomic E-state index is 11.6. The molecule has 0 saturated carbocycles. The molecular weight excluding hydrogens is 394 g/mol. The molecule has 0 aliphatic rings. The summed E-state index contributed by atoms with van der Waals surface area (Å²) in [5.41, 5.74) is 2.32. The molecule has 0 aliphatic carbocycles. The van der Waals surface area contributed by atoms with Crippen LogP contribution in [-0.2, 0) is 5.41 Å². The first-order valence-corrected chi connectivity index (χ1v) is 8.71. The zero-order valence-corrected chi connectivity index (χ0v) is 15.8. The van der Waals surface area contributed by atoms with Gasteiger partial charge >= 0.3 is 5.97 Å². The van der Waals surface area contributed by atoms with Gasteiger partial charge in [0.15, 0.2) is 0 Å². The highest BCUT2D eigenvalue weighted by atomic mass is 79.9. The summed E-state index contributed by atoms with van der Waals surface area (Å²) in [7, 11) is 0. The first-order valence-electron chi connectivity index (χ1n) is 7.92. The van der Waals surface area contributed by atoms with E-state index in [0.717, 1.165) is 15.7 Å². The van der Waals surface area contributed by atoms with Gasteiger partial charge in [0.25, 0.3) is 0 Å². The molecule has 1 aromatic heterocycles. The van der Waals surface area contributed by atoms with Crippen LogP contribution in [-0.4, -0.2) is 16.1 Å². The van der Waals surface area contributed by atoms with Crippen LogP contribution in [0.5, 0.6) is 0 Å². The average molecular weight is 410 g/mol. The lowest BCUT2D eigenvalue weighted by Crippen LogP contribution is -2.13. The normalized spacial score (nSPS) is 11.2. The van der Waals surface area contributed by atoms with E-state index in [-0.39, 0.29) is 5.56 Å². The third-order valence-electron chi connectivity index (χ3n) is 4.22. The number of pyridine rings is 1. The molecule has 0 saturated heterocycles. The van der Waals surface area contributed by atoms with Crippen LogP contribution in [0.2, 0.25) is 0 Å². The van der Waals surface area contributed by atoms with Crippen molar-refractivity contribution >= 4 is 44.2 Å². The second-order valence-electron chi connectivity index (χ2n) is 6.45. The number of anilines is 2. The number of aromatic carboxylic acids is 1. The zero-order chi connectivity index (χ0) is 18.9. The molecule has 2 aromatic carbocycles. The Morgan fingerprint density at radius 3 is 2.54 bits per heavy atom. The Kier molecular flexibility index (Phi) is 4.66. The van der Waals surface area contributed by atoms with E-state index in [1.165, 1.54) is 6.20 Å². The molecule has 3 aromatic rings. The summed E-state index contributed by atoms with van der Waals surface area (Å²) < 4.78 is 0.837. The van der Waals surface area contributed by atoms with Gasteiger partial charge in [-0.15, -0.1) is 0 Å². The summed E-state index contributed by atoms with van der Waals surface area (Å²) >= 11 is 3.42. The number of rotatable bonds is 4. The van der Waals surface area contributed by atoms with Crippen molar-refractivity contribution in [2.75, 3.05) is 5.32 Å². The minimum absolute atomic E-state index is 0.0945. The number of carboxylic acids is 1. The van der Waals surface area contributed by atoms with Crippen LogP contribution in [0.25, 0.3) is 10.9 Å². The first kappa shape index (κ1) is 17.9. The number of carboxylic acid groups (broad SMARTS) is 1. The molecule has 0 unspecified atom stereocenters. The van der Waals surface area contributed by atoms with Gasteiger partial charge in [-0.1, -0.05) is 28.1 Å². The highest BCUT2D eigenvalue weighted by molar-refractivity contribution is 9.10. The van der Waals surface area contributed by atoms with Gasteiger partial charge < -0.3 is 10.4 Å². The van der Waals surface area contributed by atoms with Crippen molar-refractivity contribution in [2.45, 2.75) is 19.3 Å². The standard InChI is InChI=1S/C20H16BrN3O2/c1-20(2,11-22)12-3-6-14(7-4-12)24-18-15-9-13(21)5-8-17(15)23-10-16(18)19(25)26/h3-10H,1-2H3,(H,23,24)(H,25,26). The number of halogens is 1. The maximum Gasteiger partial charge on any atom is 0.339 e. The second kappa shape index (κ2) is 6.77. The van der Waals surface area contributed by atoms with Crippen molar-refractivity contribution in [3.05, 3.63) is 64.3 Å². The Morgan fingerprint density at radius 2 is 1.92 bits per heavy atom. The largest absolute Gasteiger partial charge is 0.478 e. The van der Waals surface area contributed by atoms with Crippen LogP contribution in [0.15, 0.2) is 53.1 Å². The highest BCUT2D eigenvalue weighted by Crippen LogP contribution is 2.32. The summed E-state index contributed by atoms with van der Waals surface area (Å²) in [5.74, 6) is -1.05. The van der Waals surface area contributed by atoms with Gasteiger partial charge in [0.2, 0.25) is 0 Å². The van der Waals surface area contributed by atoms with Gasteiger partial charge in [-0.2, -0.15) is 5.26 Å². The van der Waals surface area contributed by atoms with Crippen LogP contribution >= 0.6 is 15.9 Å². The lowest BCUT2D eigenvalue weighted by Gasteiger charge is -2.17. The SMILES string of the molecule is CC(C)(C#N)c1ccc(Nc2c(C(=O)O)cnc3ccc(Br)cc23)cc1. The van der Waals surface area contributed by atoms with Crippen LogP contribution in [0, 0.1) is 11.3 Å². The smallest absolute Gasteiger partial charge is 0.339 e. The minimum atomic E-state index is -1.05. The van der Waals surface area contributed by atoms with Gasteiger partial charge in [-0.25, -0.2) is 4.79 Å². The Morgan fingerprint density at radius 1 is 1.23 bits per heavy atom. The number of nitrogens with zero attached hydrogens (tertiary/aromatic N) is 2. The minimum Gasteiger partial charge on any atom is -0.478 e. The van der Waals surface area contributed by atoms with Gasteiger partial charge in [-0.3, -0.25) is 4.98 Å². The molecule has 26 heavy (non-hydrogen) atoms. The molecule has 1 heterocycles. The summed E-state index contributed by atoms with van der Waals surface area (Å²) in [4.78, 5) is 15.9. The molecule has 130 valence electrons. The molecule has 0 amide bonds. The third-order valence-corrected chi connectivity index (χ3v) is 4.71. The average Bonchev–Trinajstić information content (AvgIpc) is 2.62. The Hall–Kier alpha value is -2.91. The van der Waals surface area contributed by atoms with Crippen molar-refractivity contribution in [3.8, 4) is 6.07 Å². The Balaban J connectivity index is 2.08. The third kappa shape index (κ3) is 3.39. The van der Waals surface area contributed by atoms with E-state index < -0.39 is 11.4 Å². The van der Waals surface area contributed by atoms with Crippen molar-refractivity contribution in [1.29, 1.82) is 5.26 Å². The molecule has 0 fully saturated rings. The van der Waals surface area contributed by atoms with E-state index in [1.54, 1.807) is 0 Å². The summed E-state index contributed by atoms with van der Waals surface area (Å²) in [6.07, 6.45) is 1.36. The number of nitriles is 1. The number of hydrogen-bond donors (Lipinski definition) is 2. The summed E-state index contributed by atoms with van der Waals surface area (Å²) in [6.45, 7) is 3.71. The predicted molar refractivity (Wildman–Crippen MR) is 105 cm³/mol. The highest BCUT2D eigenvalue weighted by Gasteiger charge is 2.20.